The van der Waals surface area contributed by atoms with Gasteiger partial charge < -0.3 is 15.0 Å². The van der Waals surface area contributed by atoms with Crippen LogP contribution in [0.3, 0.4) is 0 Å². The van der Waals surface area contributed by atoms with E-state index in [9.17, 15) is 4.79 Å². The summed E-state index contributed by atoms with van der Waals surface area (Å²) in [4.78, 5) is 17.2. The molecule has 1 atom stereocenters. The van der Waals surface area contributed by atoms with Crippen molar-refractivity contribution in [2.24, 2.45) is 18.7 Å². The van der Waals surface area contributed by atoms with Crippen molar-refractivity contribution in [3.63, 3.8) is 0 Å². The summed E-state index contributed by atoms with van der Waals surface area (Å²) < 4.78 is 7.76. The third kappa shape index (κ3) is 3.69. The zero-order valence-corrected chi connectivity index (χ0v) is 16.9. The molecule has 5 heteroatoms. The third-order valence-corrected chi connectivity index (χ3v) is 5.10. The molecule has 5 nitrogen and oxygen atoms in total. The van der Waals surface area contributed by atoms with Crippen molar-refractivity contribution in [1.82, 2.24) is 9.55 Å². The van der Waals surface area contributed by atoms with E-state index in [1.54, 1.807) is 17.8 Å². The van der Waals surface area contributed by atoms with E-state index in [0.29, 0.717) is 17.9 Å². The average molecular weight is 367 g/mol. The Morgan fingerprint density at radius 2 is 2.00 bits per heavy atom. The van der Waals surface area contributed by atoms with Crippen LogP contribution >= 0.6 is 0 Å². The van der Waals surface area contributed by atoms with Crippen LogP contribution < -0.4 is 16.0 Å². The highest BCUT2D eigenvalue weighted by Gasteiger charge is 2.15. The number of benzene rings is 1. The van der Waals surface area contributed by atoms with Gasteiger partial charge in [-0.2, -0.15) is 0 Å². The predicted octanol–water partition coefficient (Wildman–Crippen LogP) is 3.71. The van der Waals surface area contributed by atoms with Crippen LogP contribution in [0.25, 0.3) is 21.7 Å². The van der Waals surface area contributed by atoms with Gasteiger partial charge in [-0.15, -0.1) is 0 Å². The van der Waals surface area contributed by atoms with Gasteiger partial charge in [0.1, 0.15) is 12.4 Å². The second-order valence-electron chi connectivity index (χ2n) is 7.71. The number of hydrogen-bond acceptors (Lipinski definition) is 4. The van der Waals surface area contributed by atoms with Crippen molar-refractivity contribution >= 4 is 21.7 Å². The summed E-state index contributed by atoms with van der Waals surface area (Å²) in [5.74, 6) is 1.35. The Balaban J connectivity index is 2.14. The van der Waals surface area contributed by atoms with E-state index in [0.717, 1.165) is 46.1 Å². The minimum Gasteiger partial charge on any atom is -0.492 e. The van der Waals surface area contributed by atoms with Crippen molar-refractivity contribution in [2.75, 3.05) is 6.61 Å². The molecule has 3 aromatic rings. The van der Waals surface area contributed by atoms with Gasteiger partial charge in [0.15, 0.2) is 0 Å². The Morgan fingerprint density at radius 1 is 1.26 bits per heavy atom. The second kappa shape index (κ2) is 7.69. The van der Waals surface area contributed by atoms with Crippen LogP contribution in [0.1, 0.15) is 38.4 Å². The molecular formula is C22H29N3O2. The van der Waals surface area contributed by atoms with Gasteiger partial charge >= 0.3 is 0 Å². The number of aryl methyl sites for hydroxylation is 3. The van der Waals surface area contributed by atoms with Gasteiger partial charge in [-0.25, -0.2) is 0 Å². The van der Waals surface area contributed by atoms with Gasteiger partial charge in [-0.3, -0.25) is 9.78 Å². The normalized spacial score (nSPS) is 12.9. The van der Waals surface area contributed by atoms with Gasteiger partial charge in [0, 0.05) is 30.7 Å². The standard InChI is InChI=1S/C22H29N3O2/c1-6-15-10-18-17-7-8-24-14(4)21(17)22(26)25(5)19(18)11-20(15)27-12-16(23)9-13(2)3/h7-8,10-11,13,16H,6,9,12,23H2,1-5H3. The molecule has 0 amide bonds. The van der Waals surface area contributed by atoms with Crippen LogP contribution in [-0.2, 0) is 13.5 Å². The van der Waals surface area contributed by atoms with Gasteiger partial charge in [0.25, 0.3) is 5.56 Å². The van der Waals surface area contributed by atoms with Gasteiger partial charge in [0.05, 0.1) is 16.6 Å². The second-order valence-corrected chi connectivity index (χ2v) is 7.71. The first-order valence-electron chi connectivity index (χ1n) is 9.62. The third-order valence-electron chi connectivity index (χ3n) is 5.10. The maximum absolute atomic E-state index is 12.9. The highest BCUT2D eigenvalue weighted by atomic mass is 16.5. The highest BCUT2D eigenvalue weighted by molar-refractivity contribution is 6.06. The first-order chi connectivity index (χ1) is 12.8. The molecule has 1 aromatic carbocycles. The van der Waals surface area contributed by atoms with Gasteiger partial charge in [-0.1, -0.05) is 20.8 Å². The molecule has 2 aromatic heterocycles. The van der Waals surface area contributed by atoms with E-state index in [2.05, 4.69) is 31.8 Å². The van der Waals surface area contributed by atoms with Crippen molar-refractivity contribution in [3.8, 4) is 5.75 Å². The fourth-order valence-corrected chi connectivity index (χ4v) is 3.73. The summed E-state index contributed by atoms with van der Waals surface area (Å²) in [6, 6.07) is 6.04. The molecule has 0 saturated heterocycles. The van der Waals surface area contributed by atoms with E-state index in [1.165, 1.54) is 0 Å². The number of fused-ring (bicyclic) bond motifs is 3. The molecule has 2 N–H and O–H groups in total. The van der Waals surface area contributed by atoms with Crippen LogP contribution in [0.2, 0.25) is 0 Å². The fraction of sp³-hybridized carbons (Fsp3) is 0.455. The van der Waals surface area contributed by atoms with Crippen LogP contribution in [0.5, 0.6) is 5.75 Å². The SMILES string of the molecule is CCc1cc2c3ccnc(C)c3c(=O)n(C)c2cc1OCC(N)CC(C)C. The summed E-state index contributed by atoms with van der Waals surface area (Å²) >= 11 is 0. The molecule has 27 heavy (non-hydrogen) atoms. The summed E-state index contributed by atoms with van der Waals surface area (Å²) in [6.07, 6.45) is 3.53. The van der Waals surface area contributed by atoms with Crippen LogP contribution in [0.15, 0.2) is 29.2 Å². The molecule has 0 fully saturated rings. The van der Waals surface area contributed by atoms with Crippen LogP contribution in [-0.4, -0.2) is 22.2 Å². The van der Waals surface area contributed by atoms with Crippen molar-refractivity contribution in [2.45, 2.75) is 46.6 Å². The molecule has 0 saturated carbocycles. The lowest BCUT2D eigenvalue weighted by atomic mass is 10.0. The molecule has 0 aliphatic carbocycles. The lowest BCUT2D eigenvalue weighted by Gasteiger charge is -2.18. The van der Waals surface area contributed by atoms with Crippen molar-refractivity contribution in [3.05, 3.63) is 46.0 Å². The van der Waals surface area contributed by atoms with Gasteiger partial charge in [0.2, 0.25) is 0 Å². The molecule has 1 unspecified atom stereocenters. The number of pyridine rings is 2. The van der Waals surface area contributed by atoms with E-state index in [1.807, 2.05) is 19.1 Å². The molecule has 0 aliphatic rings. The quantitative estimate of drug-likeness (QED) is 0.674. The Kier molecular flexibility index (Phi) is 5.51. The highest BCUT2D eigenvalue weighted by Crippen LogP contribution is 2.30. The van der Waals surface area contributed by atoms with Crippen LogP contribution in [0.4, 0.5) is 0 Å². The number of rotatable bonds is 6. The summed E-state index contributed by atoms with van der Waals surface area (Å²) in [7, 11) is 1.80. The van der Waals surface area contributed by atoms with E-state index >= 15 is 0 Å². The molecule has 0 bridgehead atoms. The zero-order valence-electron chi connectivity index (χ0n) is 16.9. The predicted molar refractivity (Wildman–Crippen MR) is 112 cm³/mol. The number of ether oxygens (including phenoxy) is 1. The van der Waals surface area contributed by atoms with E-state index in [-0.39, 0.29) is 11.6 Å². The van der Waals surface area contributed by atoms with E-state index < -0.39 is 0 Å². The molecule has 0 aliphatic heterocycles. The maximum Gasteiger partial charge on any atom is 0.260 e. The molecular weight excluding hydrogens is 338 g/mol. The molecule has 144 valence electrons. The van der Waals surface area contributed by atoms with Crippen LogP contribution in [0, 0.1) is 12.8 Å². The number of nitrogens with two attached hydrogens (primary N) is 1. The average Bonchev–Trinajstić information content (AvgIpc) is 2.63. The molecule has 0 spiro atoms. The molecule has 3 rings (SSSR count). The van der Waals surface area contributed by atoms with Crippen molar-refractivity contribution < 1.29 is 4.74 Å². The van der Waals surface area contributed by atoms with Crippen molar-refractivity contribution in [1.29, 1.82) is 0 Å². The Hall–Kier alpha value is -2.40. The minimum absolute atomic E-state index is 0.000417. The Labute approximate surface area is 160 Å². The smallest absolute Gasteiger partial charge is 0.260 e. The lowest BCUT2D eigenvalue weighted by molar-refractivity contribution is 0.269. The Bertz CT molecular complexity index is 1040. The summed E-state index contributed by atoms with van der Waals surface area (Å²) in [5, 5.41) is 2.67. The topological polar surface area (TPSA) is 70.1 Å². The Morgan fingerprint density at radius 3 is 2.67 bits per heavy atom. The first kappa shape index (κ1) is 19.4. The lowest BCUT2D eigenvalue weighted by Crippen LogP contribution is -2.29. The van der Waals surface area contributed by atoms with E-state index in [4.69, 9.17) is 10.5 Å². The summed E-state index contributed by atoms with van der Waals surface area (Å²) in [6.45, 7) is 8.78. The number of hydrogen-bond donors (Lipinski definition) is 1. The number of nitrogens with zero attached hydrogens (tertiary/aromatic N) is 2. The minimum atomic E-state index is -0.0326. The first-order valence-corrected chi connectivity index (χ1v) is 9.62. The largest absolute Gasteiger partial charge is 0.492 e. The monoisotopic (exact) mass is 367 g/mol. The summed E-state index contributed by atoms with van der Waals surface area (Å²) in [5.41, 5.74) is 8.89. The van der Waals surface area contributed by atoms with Gasteiger partial charge in [-0.05, 0) is 48.8 Å². The maximum atomic E-state index is 12.9. The molecule has 0 radical (unpaired) electrons. The zero-order chi connectivity index (χ0) is 19.7. The number of aromatic nitrogens is 2. The molecule has 2 heterocycles. The fourth-order valence-electron chi connectivity index (χ4n) is 3.73.